The molecular formula is C19H22N2O2. The Balaban J connectivity index is 2.28. The Kier molecular flexibility index (Phi) is 3.52. The molecule has 0 bridgehead atoms. The maximum Gasteiger partial charge on any atom is 0.335 e. The van der Waals surface area contributed by atoms with Gasteiger partial charge in [0.25, 0.3) is 0 Å². The average Bonchev–Trinajstić information content (AvgIpc) is 2.41. The van der Waals surface area contributed by atoms with Gasteiger partial charge in [0, 0.05) is 28.1 Å². The Morgan fingerprint density at radius 3 is 2.70 bits per heavy atom. The Morgan fingerprint density at radius 1 is 1.30 bits per heavy atom. The van der Waals surface area contributed by atoms with Gasteiger partial charge in [-0.15, -0.1) is 0 Å². The Labute approximate surface area is 135 Å². The zero-order valence-electron chi connectivity index (χ0n) is 14.0. The monoisotopic (exact) mass is 310 g/mol. The summed E-state index contributed by atoms with van der Waals surface area (Å²) < 4.78 is 5.57. The van der Waals surface area contributed by atoms with Crippen LogP contribution < -0.4 is 16.3 Å². The average molecular weight is 310 g/mol. The number of ether oxygens (including phenoxy) is 1. The quantitative estimate of drug-likeness (QED) is 0.813. The van der Waals surface area contributed by atoms with E-state index >= 15 is 0 Å². The standard InChI is InChI=1S/C19H22N2O2/c1-18(2,3)23-17(22)14-10-19(4,20)11-16-13(14)9-12-7-5-6-8-15(12)21-16/h5-9,11H,10,20H2,1-4H3. The van der Waals surface area contributed by atoms with Gasteiger partial charge in [0.1, 0.15) is 5.60 Å². The van der Waals surface area contributed by atoms with E-state index in [1.165, 1.54) is 0 Å². The Bertz CT molecular complexity index is 905. The number of hydrogen-bond donors (Lipinski definition) is 1. The summed E-state index contributed by atoms with van der Waals surface area (Å²) in [6.07, 6.45) is 2.37. The lowest BCUT2D eigenvalue weighted by molar-refractivity contribution is -0.147. The molecule has 0 aliphatic heterocycles. The van der Waals surface area contributed by atoms with Gasteiger partial charge >= 0.3 is 5.97 Å². The van der Waals surface area contributed by atoms with Gasteiger partial charge in [0.15, 0.2) is 0 Å². The Morgan fingerprint density at radius 2 is 2.00 bits per heavy atom. The molecule has 2 aromatic rings. The molecule has 0 radical (unpaired) electrons. The zero-order chi connectivity index (χ0) is 16.8. The van der Waals surface area contributed by atoms with Crippen LogP contribution in [0, 0.1) is 0 Å². The van der Waals surface area contributed by atoms with Crippen molar-refractivity contribution in [1.82, 2.24) is 4.98 Å². The van der Waals surface area contributed by atoms with Crippen molar-refractivity contribution in [3.05, 3.63) is 40.9 Å². The van der Waals surface area contributed by atoms with Crippen LogP contribution in [0.5, 0.6) is 0 Å². The second-order valence-electron chi connectivity index (χ2n) is 7.42. The molecule has 1 aliphatic carbocycles. The summed E-state index contributed by atoms with van der Waals surface area (Å²) in [6.45, 7) is 7.49. The zero-order valence-corrected chi connectivity index (χ0v) is 14.0. The van der Waals surface area contributed by atoms with E-state index in [0.29, 0.717) is 12.0 Å². The maximum atomic E-state index is 12.6. The molecule has 1 aromatic heterocycles. The summed E-state index contributed by atoms with van der Waals surface area (Å²) in [5.41, 5.74) is 6.64. The molecule has 1 aromatic carbocycles. The van der Waals surface area contributed by atoms with Gasteiger partial charge in [0.2, 0.25) is 0 Å². The summed E-state index contributed by atoms with van der Waals surface area (Å²) >= 11 is 0. The fourth-order valence-corrected chi connectivity index (χ4v) is 2.84. The highest BCUT2D eigenvalue weighted by atomic mass is 16.6. The number of carbonyl (C=O) groups is 1. The van der Waals surface area contributed by atoms with Crippen molar-refractivity contribution in [1.29, 1.82) is 0 Å². The van der Waals surface area contributed by atoms with Crippen molar-refractivity contribution in [2.24, 2.45) is 5.73 Å². The van der Waals surface area contributed by atoms with Crippen LogP contribution in [0.15, 0.2) is 30.3 Å². The van der Waals surface area contributed by atoms with E-state index in [9.17, 15) is 4.79 Å². The molecule has 0 amide bonds. The van der Waals surface area contributed by atoms with Crippen LogP contribution in [0.3, 0.4) is 0 Å². The van der Waals surface area contributed by atoms with Crippen molar-refractivity contribution >= 4 is 28.5 Å². The lowest BCUT2D eigenvalue weighted by atomic mass is 9.87. The molecule has 1 atom stereocenters. The minimum Gasteiger partial charge on any atom is -0.457 e. The van der Waals surface area contributed by atoms with Gasteiger partial charge in [0.05, 0.1) is 10.9 Å². The van der Waals surface area contributed by atoms with Gasteiger partial charge < -0.3 is 10.5 Å². The molecule has 0 fully saturated rings. The number of hydrogen-bond acceptors (Lipinski definition) is 4. The summed E-state index contributed by atoms with van der Waals surface area (Å²) in [6, 6.07) is 9.86. The predicted octanol–water partition coefficient (Wildman–Crippen LogP) is 1.63. The molecule has 0 spiro atoms. The van der Waals surface area contributed by atoms with Crippen molar-refractivity contribution < 1.29 is 9.53 Å². The smallest absolute Gasteiger partial charge is 0.335 e. The van der Waals surface area contributed by atoms with Crippen LogP contribution in [-0.2, 0) is 9.53 Å². The lowest BCUT2D eigenvalue weighted by Gasteiger charge is -2.27. The van der Waals surface area contributed by atoms with Crippen LogP contribution in [0.25, 0.3) is 22.6 Å². The first kappa shape index (κ1) is 15.7. The van der Waals surface area contributed by atoms with Crippen molar-refractivity contribution in [3.8, 4) is 0 Å². The summed E-state index contributed by atoms with van der Waals surface area (Å²) in [5.74, 6) is -0.319. The van der Waals surface area contributed by atoms with Crippen molar-refractivity contribution in [2.75, 3.05) is 0 Å². The van der Waals surface area contributed by atoms with Crippen LogP contribution in [0.1, 0.15) is 34.1 Å². The molecule has 0 saturated heterocycles. The van der Waals surface area contributed by atoms with Crippen LogP contribution in [-0.4, -0.2) is 22.1 Å². The molecule has 120 valence electrons. The number of benzene rings is 1. The third kappa shape index (κ3) is 3.27. The highest BCUT2D eigenvalue weighted by Crippen LogP contribution is 2.21. The second kappa shape index (κ2) is 5.17. The maximum absolute atomic E-state index is 12.6. The third-order valence-corrected chi connectivity index (χ3v) is 3.75. The van der Waals surface area contributed by atoms with Crippen LogP contribution >= 0.6 is 0 Å². The summed E-state index contributed by atoms with van der Waals surface area (Å²) in [4.78, 5) is 17.3. The summed E-state index contributed by atoms with van der Waals surface area (Å²) in [5, 5.41) is 2.57. The van der Waals surface area contributed by atoms with Gasteiger partial charge in [-0.1, -0.05) is 18.2 Å². The number of pyridine rings is 1. The molecule has 0 saturated carbocycles. The highest BCUT2D eigenvalue weighted by Gasteiger charge is 2.29. The minimum atomic E-state index is -0.616. The van der Waals surface area contributed by atoms with E-state index in [4.69, 9.17) is 10.5 Å². The fourth-order valence-electron chi connectivity index (χ4n) is 2.84. The lowest BCUT2D eigenvalue weighted by Crippen LogP contribution is -2.47. The number of esters is 1. The normalized spacial score (nSPS) is 20.8. The third-order valence-electron chi connectivity index (χ3n) is 3.75. The Hall–Kier alpha value is -2.20. The van der Waals surface area contributed by atoms with Crippen molar-refractivity contribution in [3.63, 3.8) is 0 Å². The number of para-hydroxylation sites is 1. The van der Waals surface area contributed by atoms with E-state index in [0.717, 1.165) is 21.5 Å². The minimum absolute atomic E-state index is 0.319. The van der Waals surface area contributed by atoms with Gasteiger partial charge in [-0.05, 0) is 45.9 Å². The van der Waals surface area contributed by atoms with Crippen molar-refractivity contribution in [2.45, 2.75) is 45.3 Å². The number of rotatable bonds is 1. The van der Waals surface area contributed by atoms with E-state index in [2.05, 4.69) is 4.98 Å². The highest BCUT2D eigenvalue weighted by molar-refractivity contribution is 6.11. The SMILES string of the molecule is CC1(N)C=c2nc3ccccc3cc2=C(C(=O)OC(C)(C)C)C1. The molecule has 4 nitrogen and oxygen atoms in total. The number of aromatic nitrogens is 1. The second-order valence-corrected chi connectivity index (χ2v) is 7.42. The first-order valence-corrected chi connectivity index (χ1v) is 7.79. The molecule has 1 unspecified atom stereocenters. The van der Waals surface area contributed by atoms with Crippen LogP contribution in [0.4, 0.5) is 0 Å². The van der Waals surface area contributed by atoms with Gasteiger partial charge in [-0.3, -0.25) is 0 Å². The molecule has 2 N–H and O–H groups in total. The van der Waals surface area contributed by atoms with E-state index < -0.39 is 11.1 Å². The topological polar surface area (TPSA) is 65.2 Å². The fraction of sp³-hybridized carbons (Fsp3) is 0.368. The van der Waals surface area contributed by atoms with Crippen LogP contribution in [0.2, 0.25) is 0 Å². The number of carbonyl (C=O) groups excluding carboxylic acids is 1. The molecule has 1 aliphatic rings. The molecule has 3 rings (SSSR count). The molecule has 4 heteroatoms. The van der Waals surface area contributed by atoms with E-state index in [1.54, 1.807) is 0 Å². The van der Waals surface area contributed by atoms with Gasteiger partial charge in [-0.25, -0.2) is 9.78 Å². The van der Waals surface area contributed by atoms with E-state index in [-0.39, 0.29) is 5.97 Å². The first-order valence-electron chi connectivity index (χ1n) is 7.79. The van der Waals surface area contributed by atoms with E-state index in [1.807, 2.05) is 64.1 Å². The molecule has 1 heterocycles. The number of nitrogens with zero attached hydrogens (tertiary/aromatic N) is 1. The summed E-state index contributed by atoms with van der Waals surface area (Å²) in [7, 11) is 0. The first-order chi connectivity index (χ1) is 10.6. The number of fused-ring (bicyclic) bond motifs is 2. The van der Waals surface area contributed by atoms with Gasteiger partial charge in [-0.2, -0.15) is 0 Å². The number of nitrogens with two attached hydrogens (primary N) is 1. The largest absolute Gasteiger partial charge is 0.457 e. The predicted molar refractivity (Wildman–Crippen MR) is 91.9 cm³/mol. The molecule has 23 heavy (non-hydrogen) atoms. The molecular weight excluding hydrogens is 288 g/mol.